The van der Waals surface area contributed by atoms with Crippen molar-refractivity contribution in [1.82, 2.24) is 14.8 Å². The third kappa shape index (κ3) is 3.49. The number of nitrogens with zero attached hydrogens (tertiary/aromatic N) is 4. The molecule has 0 amide bonds. The first kappa shape index (κ1) is 15.7. The number of ether oxygens (including phenoxy) is 2. The van der Waals surface area contributed by atoms with E-state index >= 15 is 0 Å². The Bertz CT molecular complexity index is 1210. The van der Waals surface area contributed by atoms with Gasteiger partial charge in [-0.3, -0.25) is 14.4 Å². The summed E-state index contributed by atoms with van der Waals surface area (Å²) in [7, 11) is 2.82. The number of halogens is 1. The summed E-state index contributed by atoms with van der Waals surface area (Å²) in [4.78, 5) is 17.0. The summed E-state index contributed by atoms with van der Waals surface area (Å²) in [5.41, 5.74) is 2.38. The molecule has 0 aliphatic carbocycles. The average molecular weight is 414 g/mol. The molecule has 8 heteroatoms. The molecule has 0 unspecified atom stereocenters. The predicted molar refractivity (Wildman–Crippen MR) is 109 cm³/mol. The van der Waals surface area contributed by atoms with Gasteiger partial charge in [-0.25, -0.2) is 0 Å². The van der Waals surface area contributed by atoms with E-state index in [1.54, 1.807) is 42.5 Å². The Hall–Kier alpha value is -3.19. The van der Waals surface area contributed by atoms with Crippen LogP contribution >= 0.6 is 11.6 Å². The van der Waals surface area contributed by atoms with Crippen molar-refractivity contribution in [3.63, 3.8) is 0 Å². The van der Waals surface area contributed by atoms with Crippen LogP contribution in [0.4, 0.5) is 0 Å². The number of carbonyl (C=O) groups is 1. The number of benzene rings is 2. The van der Waals surface area contributed by atoms with E-state index in [2.05, 4.69) is 10.2 Å². The van der Waals surface area contributed by atoms with Crippen LogP contribution in [0.3, 0.4) is 0 Å². The number of carbonyl (C=O) groups excluding carboxylic acids is 1. The molecule has 1 aromatic heterocycles. The third-order valence-electron chi connectivity index (χ3n) is 4.68. The monoisotopic (exact) mass is 413 g/mol. The van der Waals surface area contributed by atoms with Gasteiger partial charge in [0.25, 0.3) is 0 Å². The number of hydrogen-bond acceptors (Lipinski definition) is 6. The van der Waals surface area contributed by atoms with Gasteiger partial charge in [-0.1, -0.05) is 23.7 Å². The van der Waals surface area contributed by atoms with Crippen molar-refractivity contribution in [3.05, 3.63) is 70.3 Å². The normalized spacial score (nSPS) is 17.0. The summed E-state index contributed by atoms with van der Waals surface area (Å²) < 4.78 is 35.5. The maximum atomic E-state index is 12.2. The number of methoxy groups -OCH3 is 2. The van der Waals surface area contributed by atoms with Crippen LogP contribution in [0.2, 0.25) is 5.02 Å². The first-order chi connectivity index (χ1) is 15.2. The second-order valence-corrected chi connectivity index (χ2v) is 6.82. The fourth-order valence-electron chi connectivity index (χ4n) is 3.28. The minimum atomic E-state index is -2.54. The molecule has 1 atom stereocenters. The van der Waals surface area contributed by atoms with Crippen molar-refractivity contribution in [3.8, 4) is 11.4 Å². The fraction of sp³-hybridized carbons (Fsp3) is 0.238. The van der Waals surface area contributed by atoms with Crippen molar-refractivity contribution in [2.24, 2.45) is 4.99 Å². The van der Waals surface area contributed by atoms with E-state index < -0.39 is 18.9 Å². The first-order valence-electron chi connectivity index (χ1n) is 10.3. The minimum Gasteiger partial charge on any atom is -0.497 e. The molecule has 0 spiro atoms. The molecule has 0 fully saturated rings. The van der Waals surface area contributed by atoms with Crippen LogP contribution in [0.5, 0.6) is 5.75 Å². The second kappa shape index (κ2) is 7.67. The fourth-order valence-corrected chi connectivity index (χ4v) is 3.40. The van der Waals surface area contributed by atoms with E-state index in [1.165, 1.54) is 18.8 Å². The molecule has 148 valence electrons. The van der Waals surface area contributed by atoms with Gasteiger partial charge in [-0.2, -0.15) is 0 Å². The molecular weight excluding hydrogens is 392 g/mol. The standard InChI is InChI=1S/C21H19ClN4O3/c1-12-24-25-21-17(11-19(27)29-3)23-20(13-4-6-14(22)7-5-13)16-10-15(28-2)8-9-18(16)26(12)21/h4-10,17H,11H2,1-3H3/t17-/m0/s1/i1D3. The van der Waals surface area contributed by atoms with Gasteiger partial charge in [-0.15, -0.1) is 10.2 Å². The number of aliphatic imine (C=N–C) groups is 1. The van der Waals surface area contributed by atoms with Gasteiger partial charge in [0.15, 0.2) is 5.82 Å². The molecule has 0 N–H and O–H groups in total. The summed E-state index contributed by atoms with van der Waals surface area (Å²) in [6.45, 7) is -2.54. The van der Waals surface area contributed by atoms with Crippen molar-refractivity contribution >= 4 is 23.3 Å². The molecule has 0 saturated carbocycles. The number of hydrogen-bond donors (Lipinski definition) is 0. The highest BCUT2D eigenvalue weighted by Crippen LogP contribution is 2.34. The van der Waals surface area contributed by atoms with Crippen LogP contribution in [-0.2, 0) is 9.53 Å². The van der Waals surface area contributed by atoms with E-state index in [4.69, 9.17) is 30.2 Å². The van der Waals surface area contributed by atoms with Gasteiger partial charge in [0.05, 0.1) is 32.0 Å². The second-order valence-electron chi connectivity index (χ2n) is 6.38. The Morgan fingerprint density at radius 1 is 1.21 bits per heavy atom. The number of aromatic nitrogens is 3. The largest absolute Gasteiger partial charge is 0.497 e. The third-order valence-corrected chi connectivity index (χ3v) is 4.93. The SMILES string of the molecule is [2H]C([2H])([2H])c1nnc2n1-c1ccc(OC)cc1C(c1ccc(Cl)cc1)=N[C@H]2CC(=O)OC. The zero-order valence-corrected chi connectivity index (χ0v) is 16.5. The van der Waals surface area contributed by atoms with Crippen LogP contribution in [0.15, 0.2) is 47.5 Å². The molecule has 0 radical (unpaired) electrons. The summed E-state index contributed by atoms with van der Waals surface area (Å²) in [5.74, 6) is 0.0582. The van der Waals surface area contributed by atoms with Gasteiger partial charge in [0.1, 0.15) is 17.6 Å². The molecular formula is C21H19ClN4O3. The Morgan fingerprint density at radius 3 is 2.69 bits per heavy atom. The molecule has 3 aromatic rings. The Morgan fingerprint density at radius 2 is 2.00 bits per heavy atom. The highest BCUT2D eigenvalue weighted by atomic mass is 35.5. The molecule has 0 bridgehead atoms. The summed E-state index contributed by atoms with van der Waals surface area (Å²) in [5, 5.41) is 8.60. The van der Waals surface area contributed by atoms with E-state index in [-0.39, 0.29) is 18.1 Å². The summed E-state index contributed by atoms with van der Waals surface area (Å²) >= 11 is 6.07. The molecule has 2 heterocycles. The average Bonchev–Trinajstić information content (AvgIpc) is 3.17. The lowest BCUT2D eigenvalue weighted by Crippen LogP contribution is -2.12. The lowest BCUT2D eigenvalue weighted by Gasteiger charge is -2.14. The minimum absolute atomic E-state index is 0.141. The van der Waals surface area contributed by atoms with Gasteiger partial charge in [-0.05, 0) is 37.2 Å². The van der Waals surface area contributed by atoms with Crippen LogP contribution in [-0.4, -0.2) is 40.7 Å². The molecule has 7 nitrogen and oxygen atoms in total. The smallest absolute Gasteiger partial charge is 0.308 e. The topological polar surface area (TPSA) is 78.6 Å². The van der Waals surface area contributed by atoms with E-state index in [0.717, 1.165) is 5.56 Å². The highest BCUT2D eigenvalue weighted by Gasteiger charge is 2.30. The molecule has 29 heavy (non-hydrogen) atoms. The van der Waals surface area contributed by atoms with Crippen molar-refractivity contribution in [2.45, 2.75) is 19.3 Å². The van der Waals surface area contributed by atoms with Crippen molar-refractivity contribution < 1.29 is 18.4 Å². The van der Waals surface area contributed by atoms with E-state index in [9.17, 15) is 4.79 Å². The Balaban J connectivity index is 2.04. The zero-order valence-electron chi connectivity index (χ0n) is 18.7. The lowest BCUT2D eigenvalue weighted by atomic mass is 10.00. The van der Waals surface area contributed by atoms with E-state index in [1.807, 2.05) is 0 Å². The van der Waals surface area contributed by atoms with Crippen molar-refractivity contribution in [1.29, 1.82) is 0 Å². The maximum Gasteiger partial charge on any atom is 0.308 e. The predicted octanol–water partition coefficient (Wildman–Crippen LogP) is 3.69. The molecule has 1 aliphatic rings. The lowest BCUT2D eigenvalue weighted by molar-refractivity contribution is -0.141. The highest BCUT2D eigenvalue weighted by molar-refractivity contribution is 6.30. The quantitative estimate of drug-likeness (QED) is 0.609. The Kier molecular flexibility index (Phi) is 4.16. The molecule has 4 rings (SSSR count). The molecule has 1 aliphatic heterocycles. The van der Waals surface area contributed by atoms with Gasteiger partial charge in [0.2, 0.25) is 0 Å². The summed E-state index contributed by atoms with van der Waals surface area (Å²) in [6.07, 6.45) is -0.141. The molecule has 0 saturated heterocycles. The maximum absolute atomic E-state index is 12.2. The summed E-state index contributed by atoms with van der Waals surface area (Å²) in [6, 6.07) is 11.4. The first-order valence-corrected chi connectivity index (χ1v) is 9.16. The van der Waals surface area contributed by atoms with Gasteiger partial charge in [0, 0.05) is 20.3 Å². The number of aryl methyl sites for hydroxylation is 1. The zero-order chi connectivity index (χ0) is 23.0. The van der Waals surface area contributed by atoms with Crippen LogP contribution in [0, 0.1) is 6.85 Å². The number of esters is 1. The number of rotatable bonds is 4. The van der Waals surface area contributed by atoms with Crippen LogP contribution in [0.1, 0.15) is 39.4 Å². The van der Waals surface area contributed by atoms with Gasteiger partial charge >= 0.3 is 5.97 Å². The van der Waals surface area contributed by atoms with Crippen LogP contribution in [0.25, 0.3) is 5.69 Å². The van der Waals surface area contributed by atoms with Gasteiger partial charge < -0.3 is 9.47 Å². The Labute approximate surface area is 177 Å². The molecule has 2 aromatic carbocycles. The number of fused-ring (bicyclic) bond motifs is 3. The van der Waals surface area contributed by atoms with Crippen molar-refractivity contribution in [2.75, 3.05) is 14.2 Å². The van der Waals surface area contributed by atoms with Crippen LogP contribution < -0.4 is 4.74 Å². The van der Waals surface area contributed by atoms with E-state index in [0.29, 0.717) is 27.7 Å².